The highest BCUT2D eigenvalue weighted by atomic mass is 19.4. The lowest BCUT2D eigenvalue weighted by atomic mass is 10.2. The second-order valence-corrected chi connectivity index (χ2v) is 3.09. The predicted molar refractivity (Wildman–Crippen MR) is 29.4 cm³/mol. The summed E-state index contributed by atoms with van der Waals surface area (Å²) < 4.78 is 35.9. The lowest BCUT2D eigenvalue weighted by molar-refractivity contribution is -0.156. The van der Waals surface area contributed by atoms with Gasteiger partial charge in [0.25, 0.3) is 0 Å². The number of nitrogens with one attached hydrogen (secondary N) is 1. The van der Waals surface area contributed by atoms with Gasteiger partial charge in [0.2, 0.25) is 0 Å². The average molecular weight is 151 g/mol. The maximum Gasteiger partial charge on any atom is 0.404 e. The third kappa shape index (κ3) is 0.820. The highest BCUT2D eigenvalue weighted by molar-refractivity contribution is 5.04. The zero-order valence-corrected chi connectivity index (χ0v) is 5.28. The van der Waals surface area contributed by atoms with Gasteiger partial charge in [0.15, 0.2) is 0 Å². The first-order chi connectivity index (χ1) is 4.59. The second kappa shape index (κ2) is 1.67. The zero-order valence-electron chi connectivity index (χ0n) is 5.28. The van der Waals surface area contributed by atoms with E-state index in [0.29, 0.717) is 12.5 Å². The molecule has 1 N–H and O–H groups in total. The molecule has 1 saturated heterocycles. The van der Waals surface area contributed by atoms with Crippen LogP contribution in [0.3, 0.4) is 0 Å². The lowest BCUT2D eigenvalue weighted by Gasteiger charge is -2.16. The predicted octanol–water partition coefficient (Wildman–Crippen LogP) is 1.16. The topological polar surface area (TPSA) is 12.0 Å². The van der Waals surface area contributed by atoms with Crippen molar-refractivity contribution in [2.45, 2.75) is 18.6 Å². The minimum atomic E-state index is -4.02. The summed E-state index contributed by atoms with van der Waals surface area (Å²) in [7, 11) is 0. The smallest absolute Gasteiger partial charge is 0.306 e. The second-order valence-electron chi connectivity index (χ2n) is 3.09. The Morgan fingerprint density at radius 1 is 1.30 bits per heavy atom. The van der Waals surface area contributed by atoms with Crippen LogP contribution in [0.15, 0.2) is 0 Å². The minimum absolute atomic E-state index is 0.0972. The Hall–Kier alpha value is -0.250. The molecule has 2 fully saturated rings. The van der Waals surface area contributed by atoms with Gasteiger partial charge in [-0.3, -0.25) is 0 Å². The summed E-state index contributed by atoms with van der Waals surface area (Å²) in [6, 6.07) is -1.20. The van der Waals surface area contributed by atoms with E-state index in [2.05, 4.69) is 5.32 Å². The summed E-state index contributed by atoms with van der Waals surface area (Å²) in [6.07, 6.45) is -3.24. The van der Waals surface area contributed by atoms with E-state index < -0.39 is 12.2 Å². The summed E-state index contributed by atoms with van der Waals surface area (Å²) in [5, 5.41) is 2.47. The fourth-order valence-electron chi connectivity index (χ4n) is 1.70. The van der Waals surface area contributed by atoms with Crippen LogP contribution in [0.2, 0.25) is 0 Å². The average Bonchev–Trinajstić information content (AvgIpc) is 2.40. The third-order valence-corrected chi connectivity index (χ3v) is 2.36. The van der Waals surface area contributed by atoms with E-state index in [0.717, 1.165) is 6.42 Å². The molecule has 0 aromatic carbocycles. The quantitative estimate of drug-likeness (QED) is 0.547. The van der Waals surface area contributed by atoms with Gasteiger partial charge in [0, 0.05) is 0 Å². The van der Waals surface area contributed by atoms with Crippen LogP contribution in [0, 0.1) is 11.8 Å². The van der Waals surface area contributed by atoms with Crippen LogP contribution < -0.4 is 5.32 Å². The van der Waals surface area contributed by atoms with E-state index in [1.165, 1.54) is 0 Å². The van der Waals surface area contributed by atoms with Gasteiger partial charge in [-0.25, -0.2) is 0 Å². The van der Waals surface area contributed by atoms with Crippen molar-refractivity contribution < 1.29 is 13.2 Å². The highest BCUT2D eigenvalue weighted by Gasteiger charge is 2.58. The molecule has 10 heavy (non-hydrogen) atoms. The molecule has 0 unspecified atom stereocenters. The Bertz CT molecular complexity index is 154. The van der Waals surface area contributed by atoms with Crippen molar-refractivity contribution in [1.29, 1.82) is 0 Å². The molecule has 0 bridgehead atoms. The van der Waals surface area contributed by atoms with E-state index in [1.54, 1.807) is 0 Å². The van der Waals surface area contributed by atoms with Crippen LogP contribution in [0.5, 0.6) is 0 Å². The fourth-order valence-corrected chi connectivity index (χ4v) is 1.70. The molecular weight excluding hydrogens is 143 g/mol. The van der Waals surface area contributed by atoms with Gasteiger partial charge in [0.05, 0.1) is 0 Å². The van der Waals surface area contributed by atoms with Crippen molar-refractivity contribution in [2.75, 3.05) is 6.54 Å². The van der Waals surface area contributed by atoms with Crippen molar-refractivity contribution in [3.05, 3.63) is 0 Å². The number of halogens is 3. The van der Waals surface area contributed by atoms with Gasteiger partial charge < -0.3 is 5.32 Å². The first kappa shape index (κ1) is 6.46. The van der Waals surface area contributed by atoms with Crippen LogP contribution in [0.1, 0.15) is 6.42 Å². The van der Waals surface area contributed by atoms with Gasteiger partial charge >= 0.3 is 6.18 Å². The first-order valence-electron chi connectivity index (χ1n) is 3.39. The number of piperidine rings is 1. The summed E-state index contributed by atoms with van der Waals surface area (Å²) in [5.41, 5.74) is 0. The van der Waals surface area contributed by atoms with Crippen LogP contribution in [0.25, 0.3) is 0 Å². The molecule has 1 saturated carbocycles. The Kier molecular flexibility index (Phi) is 1.08. The number of hydrogen-bond acceptors (Lipinski definition) is 1. The maximum absolute atomic E-state index is 12.0. The van der Waals surface area contributed by atoms with Crippen molar-refractivity contribution in [1.82, 2.24) is 5.32 Å². The maximum atomic E-state index is 12.0. The number of fused-ring (bicyclic) bond motifs is 1. The SMILES string of the molecule is FC(F)(F)[C@@H]1NC[C@H]2C[C@@H]21. The van der Waals surface area contributed by atoms with Crippen molar-refractivity contribution in [3.8, 4) is 0 Å². The molecule has 2 aliphatic rings. The van der Waals surface area contributed by atoms with E-state index >= 15 is 0 Å². The lowest BCUT2D eigenvalue weighted by Crippen LogP contribution is -2.40. The standard InChI is InChI=1S/C6H8F3N/c7-6(8,9)5-4-1-3(4)2-10-5/h3-5,10H,1-2H2/t3-,4+,5-/m1/s1. The van der Waals surface area contributed by atoms with Crippen molar-refractivity contribution >= 4 is 0 Å². The normalized spacial score (nSPS) is 45.3. The highest BCUT2D eigenvalue weighted by Crippen LogP contribution is 2.49. The van der Waals surface area contributed by atoms with Crippen molar-refractivity contribution in [3.63, 3.8) is 0 Å². The van der Waals surface area contributed by atoms with Gasteiger partial charge in [-0.15, -0.1) is 0 Å². The molecule has 3 atom stereocenters. The van der Waals surface area contributed by atoms with Crippen LogP contribution in [0.4, 0.5) is 13.2 Å². The molecule has 1 nitrogen and oxygen atoms in total. The van der Waals surface area contributed by atoms with Crippen LogP contribution >= 0.6 is 0 Å². The largest absolute Gasteiger partial charge is 0.404 e. The number of rotatable bonds is 0. The molecular formula is C6H8F3N. The molecule has 0 aromatic rings. The molecule has 1 aliphatic heterocycles. The molecule has 2 rings (SSSR count). The molecule has 1 aliphatic carbocycles. The van der Waals surface area contributed by atoms with Gasteiger partial charge in [0.1, 0.15) is 6.04 Å². The zero-order chi connectivity index (χ0) is 7.35. The van der Waals surface area contributed by atoms with Crippen LogP contribution in [-0.2, 0) is 0 Å². The minimum Gasteiger partial charge on any atom is -0.306 e. The van der Waals surface area contributed by atoms with Crippen LogP contribution in [-0.4, -0.2) is 18.8 Å². The van der Waals surface area contributed by atoms with Crippen molar-refractivity contribution in [2.24, 2.45) is 11.8 Å². The van der Waals surface area contributed by atoms with Gasteiger partial charge in [-0.1, -0.05) is 0 Å². The molecule has 0 radical (unpaired) electrons. The van der Waals surface area contributed by atoms with E-state index in [-0.39, 0.29) is 5.92 Å². The summed E-state index contributed by atoms with van der Waals surface area (Å²) in [4.78, 5) is 0. The molecule has 0 spiro atoms. The molecule has 1 heterocycles. The number of hydrogen-bond donors (Lipinski definition) is 1. The van der Waals surface area contributed by atoms with Gasteiger partial charge in [-0.2, -0.15) is 13.2 Å². The Morgan fingerprint density at radius 2 is 2.00 bits per heavy atom. The number of alkyl halides is 3. The van der Waals surface area contributed by atoms with E-state index in [4.69, 9.17) is 0 Å². The summed E-state index contributed by atoms with van der Waals surface area (Å²) in [6.45, 7) is 0.564. The monoisotopic (exact) mass is 151 g/mol. The Morgan fingerprint density at radius 3 is 2.20 bits per heavy atom. The Balaban J connectivity index is 2.05. The molecule has 58 valence electrons. The molecule has 0 amide bonds. The van der Waals surface area contributed by atoms with E-state index in [1.807, 2.05) is 0 Å². The Labute approximate surface area is 56.6 Å². The van der Waals surface area contributed by atoms with Gasteiger partial charge in [-0.05, 0) is 24.8 Å². The molecule has 4 heteroatoms. The third-order valence-electron chi connectivity index (χ3n) is 2.36. The summed E-state index contributed by atoms with van der Waals surface area (Å²) >= 11 is 0. The van der Waals surface area contributed by atoms with E-state index in [9.17, 15) is 13.2 Å². The molecule has 0 aromatic heterocycles. The fraction of sp³-hybridized carbons (Fsp3) is 1.00. The summed E-state index contributed by atoms with van der Waals surface area (Å²) in [5.74, 6) is 0.228. The first-order valence-corrected chi connectivity index (χ1v) is 3.39.